The van der Waals surface area contributed by atoms with Gasteiger partial charge in [-0.25, -0.2) is 0 Å². The Bertz CT molecular complexity index is 1580. The van der Waals surface area contributed by atoms with E-state index >= 15 is 0 Å². The summed E-state index contributed by atoms with van der Waals surface area (Å²) in [6, 6.07) is 19.6. The Morgan fingerprint density at radius 3 is 2.56 bits per heavy atom. The van der Waals surface area contributed by atoms with Gasteiger partial charge in [-0.15, -0.1) is 10.2 Å². The number of para-hydroxylation sites is 1. The van der Waals surface area contributed by atoms with Gasteiger partial charge in [0.1, 0.15) is 12.4 Å². The number of rotatable bonds is 11. The Morgan fingerprint density at radius 2 is 1.77 bits per heavy atom. The summed E-state index contributed by atoms with van der Waals surface area (Å²) in [4.78, 5) is 17.2. The molecule has 2 aliphatic rings. The van der Waals surface area contributed by atoms with Crippen LogP contribution >= 0.6 is 11.8 Å². The lowest BCUT2D eigenvalue weighted by Gasteiger charge is -2.32. The Balaban J connectivity index is 1.20. The topological polar surface area (TPSA) is 89.6 Å². The van der Waals surface area contributed by atoms with Crippen molar-refractivity contribution >= 4 is 17.4 Å². The first-order valence-electron chi connectivity index (χ1n) is 15.1. The second-order valence-corrected chi connectivity index (χ2v) is 12.5. The van der Waals surface area contributed by atoms with Crippen LogP contribution in [0.15, 0.2) is 70.7 Å². The predicted molar refractivity (Wildman–Crippen MR) is 168 cm³/mol. The molecule has 0 N–H and O–H groups in total. The summed E-state index contributed by atoms with van der Waals surface area (Å²) in [5, 5.41) is 21.7. The van der Waals surface area contributed by atoms with Crippen LogP contribution in [0.5, 0.6) is 5.75 Å². The second kappa shape index (κ2) is 13.3. The van der Waals surface area contributed by atoms with Crippen molar-refractivity contribution in [2.24, 2.45) is 0 Å². The average molecular weight is 599 g/mol. The number of fused-ring (bicyclic) bond motifs is 1. The molecule has 224 valence electrons. The molecule has 0 radical (unpaired) electrons. The highest BCUT2D eigenvalue weighted by atomic mass is 32.2. The van der Waals surface area contributed by atoms with Crippen LogP contribution in [0.3, 0.4) is 0 Å². The van der Waals surface area contributed by atoms with E-state index in [4.69, 9.17) is 4.74 Å². The first kappa shape index (κ1) is 29.3. The first-order valence-corrected chi connectivity index (χ1v) is 15.9. The summed E-state index contributed by atoms with van der Waals surface area (Å²) >= 11 is 1.26. The number of nitrogens with zero attached hydrogens (tertiary/aromatic N) is 6. The number of piperazine rings is 1. The number of likely N-dealkylation sites (N-methyl/N-ethyl adjacent to an activating group) is 1. The highest BCUT2D eigenvalue weighted by molar-refractivity contribution is 7.99. The van der Waals surface area contributed by atoms with Crippen LogP contribution < -0.4 is 4.74 Å². The number of hydrogen-bond acceptors (Lipinski definition) is 8. The monoisotopic (exact) mass is 598 g/mol. The van der Waals surface area contributed by atoms with Crippen molar-refractivity contribution < 1.29 is 9.66 Å². The van der Waals surface area contributed by atoms with Gasteiger partial charge in [0.2, 0.25) is 5.16 Å². The lowest BCUT2D eigenvalue weighted by Crippen LogP contribution is -2.44. The van der Waals surface area contributed by atoms with Gasteiger partial charge in [0.15, 0.2) is 5.82 Å². The number of hydrogen-bond donors (Lipinski definition) is 0. The van der Waals surface area contributed by atoms with Crippen molar-refractivity contribution in [1.29, 1.82) is 0 Å². The summed E-state index contributed by atoms with van der Waals surface area (Å²) < 4.78 is 8.27. The number of nitro benzene ring substituents is 1. The zero-order chi connectivity index (χ0) is 29.8. The largest absolute Gasteiger partial charge is 0.485 e. The second-order valence-electron chi connectivity index (χ2n) is 11.5. The summed E-state index contributed by atoms with van der Waals surface area (Å²) in [6.07, 6.45) is 5.04. The molecule has 1 saturated heterocycles. The van der Waals surface area contributed by atoms with E-state index in [1.807, 2.05) is 47.0 Å². The highest BCUT2D eigenvalue weighted by Gasteiger charge is 2.23. The van der Waals surface area contributed by atoms with E-state index in [0.717, 1.165) is 81.8 Å². The normalized spacial score (nSPS) is 15.5. The smallest absolute Gasteiger partial charge is 0.283 e. The molecule has 0 saturated carbocycles. The fourth-order valence-electron chi connectivity index (χ4n) is 6.05. The SMILES string of the molecule is Cc1ccc(OCc2nnc(Sc3ccc(CCCN4CCN(C)CC4)cc3[N+](=O)[O-])n2-c2ccccc2)c2c1CCC2. The molecular formula is C33H38N6O3S. The average Bonchev–Trinajstić information content (AvgIpc) is 3.67. The molecule has 1 aromatic heterocycles. The maximum absolute atomic E-state index is 12.2. The number of benzene rings is 3. The van der Waals surface area contributed by atoms with Gasteiger partial charge in [0, 0.05) is 37.9 Å². The molecule has 3 aromatic carbocycles. The number of ether oxygens (including phenoxy) is 1. The van der Waals surface area contributed by atoms with E-state index in [1.54, 1.807) is 6.07 Å². The fourth-order valence-corrected chi connectivity index (χ4v) is 7.01. The molecule has 4 aromatic rings. The molecule has 0 amide bonds. The maximum atomic E-state index is 12.2. The van der Waals surface area contributed by atoms with Crippen LogP contribution in [0.1, 0.15) is 40.9 Å². The third kappa shape index (κ3) is 6.76. The minimum atomic E-state index is -0.294. The fraction of sp³-hybridized carbons (Fsp3) is 0.394. The number of aromatic nitrogens is 3. The summed E-state index contributed by atoms with van der Waals surface area (Å²) in [5.41, 5.74) is 5.96. The summed E-state index contributed by atoms with van der Waals surface area (Å²) in [6.45, 7) is 7.74. The van der Waals surface area contributed by atoms with Gasteiger partial charge in [-0.05, 0) is 111 Å². The highest BCUT2D eigenvalue weighted by Crippen LogP contribution is 2.37. The number of aryl methyl sites for hydroxylation is 2. The standard InChI is InChI=1S/C33H38N6O3S/c1-24-13-15-30(28-12-6-11-27(24)28)42-23-32-34-35-33(38(32)26-9-4-3-5-10-26)43-31-16-14-25(22-29(31)39(40)41)8-7-17-37-20-18-36(2)19-21-37/h3-5,9-10,13-16,22H,6-8,11-12,17-21,23H2,1-2H3. The molecule has 1 fully saturated rings. The maximum Gasteiger partial charge on any atom is 0.283 e. The third-order valence-corrected chi connectivity index (χ3v) is 9.52. The van der Waals surface area contributed by atoms with Gasteiger partial charge in [-0.3, -0.25) is 14.7 Å². The van der Waals surface area contributed by atoms with Gasteiger partial charge < -0.3 is 14.5 Å². The van der Waals surface area contributed by atoms with Crippen molar-refractivity contribution in [2.75, 3.05) is 39.8 Å². The van der Waals surface area contributed by atoms with Crippen molar-refractivity contribution in [3.05, 3.63) is 98.9 Å². The van der Waals surface area contributed by atoms with Crippen LogP contribution in [0.4, 0.5) is 5.69 Å². The molecule has 0 bridgehead atoms. The molecule has 43 heavy (non-hydrogen) atoms. The Labute approximate surface area is 257 Å². The molecule has 0 spiro atoms. The van der Waals surface area contributed by atoms with Crippen molar-refractivity contribution in [3.8, 4) is 11.4 Å². The van der Waals surface area contributed by atoms with Crippen molar-refractivity contribution in [1.82, 2.24) is 24.6 Å². The molecule has 10 heteroatoms. The lowest BCUT2D eigenvalue weighted by molar-refractivity contribution is -0.387. The molecule has 0 atom stereocenters. The van der Waals surface area contributed by atoms with Gasteiger partial charge in [0.25, 0.3) is 5.69 Å². The Morgan fingerprint density at radius 1 is 0.977 bits per heavy atom. The minimum absolute atomic E-state index is 0.0951. The van der Waals surface area contributed by atoms with E-state index in [0.29, 0.717) is 15.9 Å². The van der Waals surface area contributed by atoms with Gasteiger partial charge in [0.05, 0.1) is 9.82 Å². The molecule has 1 aliphatic heterocycles. The quantitative estimate of drug-likeness (QED) is 0.156. The lowest BCUT2D eigenvalue weighted by atomic mass is 10.0. The van der Waals surface area contributed by atoms with Gasteiger partial charge in [-0.2, -0.15) is 0 Å². The molecule has 9 nitrogen and oxygen atoms in total. The zero-order valence-electron chi connectivity index (χ0n) is 24.9. The summed E-state index contributed by atoms with van der Waals surface area (Å²) in [5.74, 6) is 1.54. The molecule has 6 rings (SSSR count). The van der Waals surface area contributed by atoms with Crippen LogP contribution in [-0.4, -0.2) is 69.3 Å². The van der Waals surface area contributed by atoms with Crippen molar-refractivity contribution in [2.45, 2.75) is 55.7 Å². The van der Waals surface area contributed by atoms with E-state index in [9.17, 15) is 10.1 Å². The van der Waals surface area contributed by atoms with Crippen LogP contribution in [-0.2, 0) is 25.9 Å². The zero-order valence-corrected chi connectivity index (χ0v) is 25.7. The number of nitro groups is 1. The first-order chi connectivity index (χ1) is 21.0. The molecule has 1 aliphatic carbocycles. The van der Waals surface area contributed by atoms with Crippen LogP contribution in [0.2, 0.25) is 0 Å². The molecule has 2 heterocycles. The van der Waals surface area contributed by atoms with E-state index in [1.165, 1.54) is 28.5 Å². The third-order valence-electron chi connectivity index (χ3n) is 8.50. The Hall–Kier alpha value is -3.73. The van der Waals surface area contributed by atoms with E-state index in [-0.39, 0.29) is 17.2 Å². The van der Waals surface area contributed by atoms with E-state index in [2.05, 4.69) is 46.1 Å². The van der Waals surface area contributed by atoms with Gasteiger partial charge in [-0.1, -0.05) is 30.3 Å². The van der Waals surface area contributed by atoms with Crippen LogP contribution in [0, 0.1) is 17.0 Å². The van der Waals surface area contributed by atoms with Gasteiger partial charge >= 0.3 is 0 Å². The summed E-state index contributed by atoms with van der Waals surface area (Å²) in [7, 11) is 2.16. The van der Waals surface area contributed by atoms with Crippen LogP contribution in [0.25, 0.3) is 5.69 Å². The molecule has 0 unspecified atom stereocenters. The Kier molecular flexibility index (Phi) is 9.06. The minimum Gasteiger partial charge on any atom is -0.485 e. The molecular weight excluding hydrogens is 560 g/mol. The van der Waals surface area contributed by atoms with E-state index < -0.39 is 0 Å². The van der Waals surface area contributed by atoms with Crippen molar-refractivity contribution in [3.63, 3.8) is 0 Å². The predicted octanol–water partition coefficient (Wildman–Crippen LogP) is 5.88.